The number of cyclic esters (lactones) is 1. The van der Waals surface area contributed by atoms with Gasteiger partial charge in [0.25, 0.3) is 0 Å². The van der Waals surface area contributed by atoms with E-state index in [-0.39, 0.29) is 38.8 Å². The standard InChI is InChI=1S/C23H23FN4O5.CH4/c1-3-32-22(30)8-16-12-27-11-15(4-7-21(27)26-16)19-6-5-17(9-20(19)24)28-13-18(33-23(28)31)10-25-14(2)29;/h4-7,9,11-12,18H,3,8,10,13H2,1-2H3,(H,25,29);1H4/t18-;/m0./s1. The van der Waals surface area contributed by atoms with Crippen molar-refractivity contribution in [3.63, 3.8) is 0 Å². The molecular weight excluding hydrogens is 443 g/mol. The molecule has 2 amide bonds. The van der Waals surface area contributed by atoms with Crippen molar-refractivity contribution in [2.75, 3.05) is 24.6 Å². The predicted molar refractivity (Wildman–Crippen MR) is 124 cm³/mol. The summed E-state index contributed by atoms with van der Waals surface area (Å²) in [6, 6.07) is 7.99. The van der Waals surface area contributed by atoms with Crippen molar-refractivity contribution < 1.29 is 28.2 Å². The summed E-state index contributed by atoms with van der Waals surface area (Å²) in [6.07, 6.45) is 2.39. The predicted octanol–water partition coefficient (Wildman–Crippen LogP) is 3.34. The number of nitrogens with zero attached hydrogens (tertiary/aromatic N) is 3. The molecule has 0 bridgehead atoms. The van der Waals surface area contributed by atoms with Crippen LogP contribution in [0.4, 0.5) is 14.9 Å². The molecule has 0 radical (unpaired) electrons. The number of hydrogen-bond donors (Lipinski definition) is 1. The van der Waals surface area contributed by atoms with E-state index >= 15 is 4.39 Å². The Morgan fingerprint density at radius 1 is 1.26 bits per heavy atom. The van der Waals surface area contributed by atoms with Gasteiger partial charge in [0.1, 0.15) is 17.6 Å². The molecule has 1 aliphatic rings. The number of fused-ring (bicyclic) bond motifs is 1. The minimum atomic E-state index is -0.591. The fraction of sp³-hybridized carbons (Fsp3) is 0.333. The third kappa shape index (κ3) is 5.33. The maximum absolute atomic E-state index is 15.0. The smallest absolute Gasteiger partial charge is 0.414 e. The zero-order valence-electron chi connectivity index (χ0n) is 18.2. The number of rotatable bonds is 7. The highest BCUT2D eigenvalue weighted by Gasteiger charge is 2.32. The Kier molecular flexibility index (Phi) is 7.50. The second-order valence-electron chi connectivity index (χ2n) is 7.61. The summed E-state index contributed by atoms with van der Waals surface area (Å²) in [4.78, 5) is 40.7. The van der Waals surface area contributed by atoms with Crippen molar-refractivity contribution >= 4 is 29.3 Å². The fourth-order valence-corrected chi connectivity index (χ4v) is 3.65. The molecule has 1 aliphatic heterocycles. The van der Waals surface area contributed by atoms with Gasteiger partial charge in [0.05, 0.1) is 37.5 Å². The molecule has 34 heavy (non-hydrogen) atoms. The fourth-order valence-electron chi connectivity index (χ4n) is 3.65. The number of benzene rings is 1. The van der Waals surface area contributed by atoms with Crippen molar-refractivity contribution in [1.82, 2.24) is 14.7 Å². The van der Waals surface area contributed by atoms with Crippen LogP contribution in [-0.4, -0.2) is 53.2 Å². The zero-order valence-corrected chi connectivity index (χ0v) is 18.2. The van der Waals surface area contributed by atoms with E-state index in [4.69, 9.17) is 9.47 Å². The largest absolute Gasteiger partial charge is 0.466 e. The molecule has 1 saturated heterocycles. The van der Waals surface area contributed by atoms with Gasteiger partial charge >= 0.3 is 12.1 Å². The van der Waals surface area contributed by atoms with Crippen LogP contribution in [0.3, 0.4) is 0 Å². The first-order valence-electron chi connectivity index (χ1n) is 10.5. The number of imidazole rings is 1. The number of amides is 2. The summed E-state index contributed by atoms with van der Waals surface area (Å²) in [7, 11) is 0. The highest BCUT2D eigenvalue weighted by atomic mass is 19.1. The maximum Gasteiger partial charge on any atom is 0.414 e. The lowest BCUT2D eigenvalue weighted by molar-refractivity contribution is -0.142. The Morgan fingerprint density at radius 2 is 2.06 bits per heavy atom. The molecule has 1 fully saturated rings. The van der Waals surface area contributed by atoms with Gasteiger partial charge in [-0.1, -0.05) is 7.43 Å². The SMILES string of the molecule is C.CCOC(=O)Cc1cn2cc(-c3ccc(N4C[C@H](CNC(C)=O)OC4=O)cc3F)ccc2n1. The Labute approximate surface area is 196 Å². The van der Waals surface area contributed by atoms with Crippen molar-refractivity contribution in [2.45, 2.75) is 33.8 Å². The molecule has 0 unspecified atom stereocenters. The van der Waals surface area contributed by atoms with Gasteiger partial charge in [0.15, 0.2) is 0 Å². The number of carbonyl (C=O) groups excluding carboxylic acids is 3. The summed E-state index contributed by atoms with van der Waals surface area (Å²) in [5, 5.41) is 2.60. The van der Waals surface area contributed by atoms with E-state index in [0.717, 1.165) is 0 Å². The second-order valence-corrected chi connectivity index (χ2v) is 7.61. The van der Waals surface area contributed by atoms with Gasteiger partial charge in [-0.05, 0) is 37.3 Å². The van der Waals surface area contributed by atoms with Crippen molar-refractivity contribution in [3.8, 4) is 11.1 Å². The van der Waals surface area contributed by atoms with E-state index in [2.05, 4.69) is 10.3 Å². The van der Waals surface area contributed by atoms with Crippen LogP contribution in [-0.2, 0) is 25.5 Å². The van der Waals surface area contributed by atoms with Crippen LogP contribution in [0, 0.1) is 5.82 Å². The number of nitrogens with one attached hydrogen (secondary N) is 1. The van der Waals surface area contributed by atoms with Crippen molar-refractivity contribution in [2.24, 2.45) is 0 Å². The van der Waals surface area contributed by atoms with Crippen molar-refractivity contribution in [1.29, 1.82) is 0 Å². The van der Waals surface area contributed by atoms with Gasteiger partial charge in [0.2, 0.25) is 5.91 Å². The third-order valence-electron chi connectivity index (χ3n) is 5.16. The molecule has 0 aliphatic carbocycles. The normalized spacial score (nSPS) is 15.1. The van der Waals surface area contributed by atoms with Crippen LogP contribution in [0.5, 0.6) is 0 Å². The topological polar surface area (TPSA) is 102 Å². The van der Waals surface area contributed by atoms with Crippen LogP contribution in [0.25, 0.3) is 16.8 Å². The lowest BCUT2D eigenvalue weighted by Gasteiger charge is -2.14. The molecule has 0 saturated carbocycles. The first-order chi connectivity index (χ1) is 15.8. The van der Waals surface area contributed by atoms with E-state index in [1.807, 2.05) is 0 Å². The van der Waals surface area contributed by atoms with E-state index in [1.165, 1.54) is 17.9 Å². The van der Waals surface area contributed by atoms with Gasteiger partial charge in [-0.3, -0.25) is 14.5 Å². The molecule has 1 N–H and O–H groups in total. The van der Waals surface area contributed by atoms with Gasteiger partial charge in [-0.15, -0.1) is 0 Å². The molecule has 1 atom stereocenters. The lowest BCUT2D eigenvalue weighted by Crippen LogP contribution is -2.33. The average Bonchev–Trinajstić information content (AvgIpc) is 3.34. The van der Waals surface area contributed by atoms with Crippen LogP contribution >= 0.6 is 0 Å². The van der Waals surface area contributed by atoms with Crippen molar-refractivity contribution in [3.05, 3.63) is 54.2 Å². The highest BCUT2D eigenvalue weighted by molar-refractivity contribution is 5.90. The van der Waals surface area contributed by atoms with E-state index in [9.17, 15) is 14.4 Å². The zero-order chi connectivity index (χ0) is 23.5. The molecule has 0 spiro atoms. The van der Waals surface area contributed by atoms with Crippen LogP contribution < -0.4 is 10.2 Å². The van der Waals surface area contributed by atoms with Crippen LogP contribution in [0.1, 0.15) is 27.0 Å². The molecule has 1 aromatic carbocycles. The maximum atomic E-state index is 15.0. The van der Waals surface area contributed by atoms with E-state index in [0.29, 0.717) is 34.8 Å². The number of aromatic nitrogens is 2. The first kappa shape index (κ1) is 24.7. The number of ether oxygens (including phenoxy) is 2. The summed E-state index contributed by atoms with van der Waals surface area (Å²) in [6.45, 7) is 3.83. The molecule has 10 heteroatoms. The van der Waals surface area contributed by atoms with E-state index in [1.54, 1.807) is 48.0 Å². The van der Waals surface area contributed by atoms with Crippen LogP contribution in [0.15, 0.2) is 42.7 Å². The lowest BCUT2D eigenvalue weighted by atomic mass is 10.1. The minimum absolute atomic E-state index is 0. The van der Waals surface area contributed by atoms with Gasteiger partial charge in [-0.2, -0.15) is 0 Å². The Hall–Kier alpha value is -3.95. The summed E-state index contributed by atoms with van der Waals surface area (Å²) < 4.78 is 26.9. The van der Waals surface area contributed by atoms with Gasteiger partial charge in [-0.25, -0.2) is 14.2 Å². The Bertz CT molecular complexity index is 1230. The van der Waals surface area contributed by atoms with E-state index < -0.39 is 18.0 Å². The molecule has 3 heterocycles. The quantitative estimate of drug-likeness (QED) is 0.532. The molecule has 9 nitrogen and oxygen atoms in total. The number of hydrogen-bond acceptors (Lipinski definition) is 6. The summed E-state index contributed by atoms with van der Waals surface area (Å²) in [5.41, 5.74) is 2.51. The molecular formula is C24H27FN4O5. The highest BCUT2D eigenvalue weighted by Crippen LogP contribution is 2.29. The molecule has 180 valence electrons. The van der Waals surface area contributed by atoms with Crippen LogP contribution in [0.2, 0.25) is 0 Å². The van der Waals surface area contributed by atoms with Gasteiger partial charge < -0.3 is 19.2 Å². The third-order valence-corrected chi connectivity index (χ3v) is 5.16. The number of carbonyl (C=O) groups is 3. The number of esters is 1. The Balaban J connectivity index is 0.00000324. The summed E-state index contributed by atoms with van der Waals surface area (Å²) >= 11 is 0. The number of halogens is 1. The first-order valence-corrected chi connectivity index (χ1v) is 10.5. The Morgan fingerprint density at radius 3 is 2.76 bits per heavy atom. The monoisotopic (exact) mass is 470 g/mol. The number of anilines is 1. The number of pyridine rings is 1. The van der Waals surface area contributed by atoms with Gasteiger partial charge in [0, 0.05) is 30.4 Å². The summed E-state index contributed by atoms with van der Waals surface area (Å²) in [5.74, 6) is -1.08. The second kappa shape index (κ2) is 10.3. The molecule has 2 aromatic heterocycles. The average molecular weight is 471 g/mol. The molecule has 4 rings (SSSR count). The minimum Gasteiger partial charge on any atom is -0.466 e. The molecule has 3 aromatic rings.